The number of aliphatic carboxylic acids is 1. The molecule has 2 heterocycles. The van der Waals surface area contributed by atoms with Crippen LogP contribution in [0, 0.1) is 6.92 Å². The van der Waals surface area contributed by atoms with Crippen molar-refractivity contribution in [2.75, 3.05) is 19.7 Å². The molecule has 24 heavy (non-hydrogen) atoms. The lowest BCUT2D eigenvalue weighted by Crippen LogP contribution is -2.47. The highest BCUT2D eigenvalue weighted by molar-refractivity contribution is 9.10. The van der Waals surface area contributed by atoms with E-state index < -0.39 is 12.1 Å². The Morgan fingerprint density at radius 2 is 2.12 bits per heavy atom. The number of hydrogen-bond acceptors (Lipinski definition) is 3. The summed E-state index contributed by atoms with van der Waals surface area (Å²) in [5, 5.41) is 9.97. The third-order valence-electron chi connectivity index (χ3n) is 4.34. The monoisotopic (exact) mass is 394 g/mol. The number of hydrogen-bond donors (Lipinski definition) is 1. The summed E-state index contributed by atoms with van der Waals surface area (Å²) in [6.45, 7) is 3.40. The summed E-state index contributed by atoms with van der Waals surface area (Å²) in [6.07, 6.45) is -0.518. The van der Waals surface area contributed by atoms with E-state index in [2.05, 4.69) is 15.9 Å². The van der Waals surface area contributed by atoms with E-state index >= 15 is 0 Å². The van der Waals surface area contributed by atoms with Gasteiger partial charge >= 0.3 is 5.97 Å². The molecule has 0 saturated carbocycles. The van der Waals surface area contributed by atoms with Gasteiger partial charge in [0.05, 0.1) is 19.1 Å². The number of nitrogens with zero attached hydrogens (tertiary/aromatic N) is 2. The Morgan fingerprint density at radius 3 is 2.88 bits per heavy atom. The number of carbonyl (C=O) groups is 2. The lowest BCUT2D eigenvalue weighted by molar-refractivity contribution is -0.148. The Kier molecular flexibility index (Phi) is 4.91. The lowest BCUT2D eigenvalue weighted by atomic mass is 10.2. The van der Waals surface area contributed by atoms with Gasteiger partial charge in [-0.1, -0.05) is 18.2 Å². The Morgan fingerprint density at radius 1 is 1.38 bits per heavy atom. The van der Waals surface area contributed by atoms with Crippen LogP contribution in [0.25, 0.3) is 10.9 Å². The van der Waals surface area contributed by atoms with Gasteiger partial charge < -0.3 is 19.3 Å². The molecule has 0 spiro atoms. The van der Waals surface area contributed by atoms with E-state index in [-0.39, 0.29) is 18.9 Å². The van der Waals surface area contributed by atoms with Gasteiger partial charge in [0.2, 0.25) is 5.91 Å². The minimum Gasteiger partial charge on any atom is -0.481 e. The number of para-hydroxylation sites is 1. The highest BCUT2D eigenvalue weighted by Gasteiger charge is 2.26. The summed E-state index contributed by atoms with van der Waals surface area (Å²) >= 11 is 3.59. The molecule has 3 rings (SSSR count). The molecule has 1 N–H and O–H groups in total. The second-order valence-corrected chi connectivity index (χ2v) is 6.73. The van der Waals surface area contributed by atoms with E-state index in [1.807, 2.05) is 35.8 Å². The van der Waals surface area contributed by atoms with Crippen molar-refractivity contribution in [2.24, 2.45) is 0 Å². The maximum Gasteiger partial charge on any atom is 0.306 e. The Bertz CT molecular complexity index is 786. The van der Waals surface area contributed by atoms with E-state index in [0.717, 1.165) is 21.1 Å². The maximum absolute atomic E-state index is 12.7. The smallest absolute Gasteiger partial charge is 0.306 e. The molecule has 1 unspecified atom stereocenters. The van der Waals surface area contributed by atoms with Gasteiger partial charge in [0.25, 0.3) is 0 Å². The average molecular weight is 395 g/mol. The van der Waals surface area contributed by atoms with Crippen LogP contribution in [0.2, 0.25) is 0 Å². The predicted molar refractivity (Wildman–Crippen MR) is 92.9 cm³/mol. The minimum absolute atomic E-state index is 0.0231. The van der Waals surface area contributed by atoms with Crippen LogP contribution in [-0.2, 0) is 20.9 Å². The third kappa shape index (κ3) is 3.32. The molecular formula is C17H19BrN2O4. The first-order valence-electron chi connectivity index (χ1n) is 7.82. The summed E-state index contributed by atoms with van der Waals surface area (Å²) in [6, 6.07) is 7.93. The Balaban J connectivity index is 1.78. The van der Waals surface area contributed by atoms with Crippen LogP contribution < -0.4 is 0 Å². The van der Waals surface area contributed by atoms with Gasteiger partial charge in [-0.15, -0.1) is 0 Å². The molecule has 6 nitrogen and oxygen atoms in total. The number of fused-ring (bicyclic) bond motifs is 1. The lowest BCUT2D eigenvalue weighted by Gasteiger charge is -2.32. The van der Waals surface area contributed by atoms with Gasteiger partial charge in [0.15, 0.2) is 0 Å². The number of carbonyl (C=O) groups excluding carboxylic acids is 1. The predicted octanol–water partition coefficient (Wildman–Crippen LogP) is 2.41. The fraction of sp³-hybridized carbons (Fsp3) is 0.412. The van der Waals surface area contributed by atoms with E-state index in [4.69, 9.17) is 9.84 Å². The number of carboxylic acids is 1. The van der Waals surface area contributed by atoms with Crippen molar-refractivity contribution in [3.05, 3.63) is 34.4 Å². The summed E-state index contributed by atoms with van der Waals surface area (Å²) in [4.78, 5) is 25.2. The molecule has 1 amide bonds. The molecule has 1 aliphatic rings. The molecule has 0 bridgehead atoms. The number of morpholine rings is 1. The molecule has 0 aliphatic carbocycles. The van der Waals surface area contributed by atoms with E-state index in [9.17, 15) is 9.59 Å². The highest BCUT2D eigenvalue weighted by Crippen LogP contribution is 2.30. The number of aromatic nitrogens is 1. The van der Waals surface area contributed by atoms with Crippen molar-refractivity contribution in [1.82, 2.24) is 9.47 Å². The fourth-order valence-corrected chi connectivity index (χ4v) is 3.64. The van der Waals surface area contributed by atoms with Gasteiger partial charge in [-0.3, -0.25) is 9.59 Å². The molecule has 1 aromatic carbocycles. The molecule has 1 aliphatic heterocycles. The van der Waals surface area contributed by atoms with Crippen molar-refractivity contribution in [3.8, 4) is 0 Å². The van der Waals surface area contributed by atoms with Crippen LogP contribution in [0.5, 0.6) is 0 Å². The summed E-state index contributed by atoms with van der Waals surface area (Å²) in [5.74, 6) is -0.935. The van der Waals surface area contributed by atoms with Crippen LogP contribution in [0.4, 0.5) is 0 Å². The van der Waals surface area contributed by atoms with Gasteiger partial charge in [-0.05, 0) is 28.9 Å². The molecule has 1 fully saturated rings. The average Bonchev–Trinajstić information content (AvgIpc) is 2.80. The first kappa shape index (κ1) is 17.0. The summed E-state index contributed by atoms with van der Waals surface area (Å²) in [5.41, 5.74) is 2.01. The molecular weight excluding hydrogens is 376 g/mol. The van der Waals surface area contributed by atoms with Gasteiger partial charge in [-0.25, -0.2) is 0 Å². The number of benzene rings is 1. The fourth-order valence-electron chi connectivity index (χ4n) is 3.09. The van der Waals surface area contributed by atoms with Crippen molar-refractivity contribution in [2.45, 2.75) is 26.0 Å². The van der Waals surface area contributed by atoms with Crippen molar-refractivity contribution >= 4 is 38.7 Å². The van der Waals surface area contributed by atoms with Crippen LogP contribution in [-0.4, -0.2) is 52.3 Å². The second kappa shape index (κ2) is 6.94. The molecule has 0 radical (unpaired) electrons. The number of amides is 1. The van der Waals surface area contributed by atoms with E-state index in [1.54, 1.807) is 4.90 Å². The molecule has 1 atom stereocenters. The standard InChI is InChI=1S/C17H19BrN2O4/c1-11-17(18)13-4-2-3-5-14(13)20(11)10-15(21)19-6-7-24-12(9-19)8-16(22)23/h2-5,12H,6-10H2,1H3,(H,22,23). The van der Waals surface area contributed by atoms with Crippen molar-refractivity contribution < 1.29 is 19.4 Å². The first-order chi connectivity index (χ1) is 11.5. The van der Waals surface area contributed by atoms with Crippen LogP contribution >= 0.6 is 15.9 Å². The highest BCUT2D eigenvalue weighted by atomic mass is 79.9. The summed E-state index contributed by atoms with van der Waals surface area (Å²) < 4.78 is 8.41. The maximum atomic E-state index is 12.7. The van der Waals surface area contributed by atoms with Crippen LogP contribution in [0.1, 0.15) is 12.1 Å². The van der Waals surface area contributed by atoms with E-state index in [1.165, 1.54) is 0 Å². The van der Waals surface area contributed by atoms with E-state index in [0.29, 0.717) is 19.7 Å². The molecule has 7 heteroatoms. The SMILES string of the molecule is Cc1c(Br)c2ccccc2n1CC(=O)N1CCOC(CC(=O)O)C1. The molecule has 128 valence electrons. The normalized spacial score (nSPS) is 18.1. The largest absolute Gasteiger partial charge is 0.481 e. The zero-order chi connectivity index (χ0) is 17.3. The zero-order valence-electron chi connectivity index (χ0n) is 13.4. The quantitative estimate of drug-likeness (QED) is 0.863. The minimum atomic E-state index is -0.912. The topological polar surface area (TPSA) is 71.8 Å². The first-order valence-corrected chi connectivity index (χ1v) is 8.61. The zero-order valence-corrected chi connectivity index (χ0v) is 15.0. The third-order valence-corrected chi connectivity index (χ3v) is 5.34. The summed E-state index contributed by atoms with van der Waals surface area (Å²) in [7, 11) is 0. The van der Waals surface area contributed by atoms with Crippen LogP contribution in [0.15, 0.2) is 28.7 Å². The Labute approximate surface area is 148 Å². The van der Waals surface area contributed by atoms with Gasteiger partial charge in [-0.2, -0.15) is 0 Å². The van der Waals surface area contributed by atoms with Gasteiger partial charge in [0.1, 0.15) is 6.54 Å². The van der Waals surface area contributed by atoms with Gasteiger partial charge in [0, 0.05) is 34.2 Å². The molecule has 1 aromatic heterocycles. The number of ether oxygens (including phenoxy) is 1. The Hall–Kier alpha value is -1.86. The van der Waals surface area contributed by atoms with Crippen LogP contribution in [0.3, 0.4) is 0 Å². The number of carboxylic acid groups (broad SMARTS) is 1. The van der Waals surface area contributed by atoms with Crippen molar-refractivity contribution in [1.29, 1.82) is 0 Å². The number of halogens is 1. The molecule has 2 aromatic rings. The molecule has 1 saturated heterocycles. The van der Waals surface area contributed by atoms with Crippen molar-refractivity contribution in [3.63, 3.8) is 0 Å². The number of rotatable bonds is 4. The second-order valence-electron chi connectivity index (χ2n) is 5.93.